The maximum atomic E-state index is 10.2. The van der Waals surface area contributed by atoms with Crippen molar-refractivity contribution >= 4 is 6.08 Å². The topological polar surface area (TPSA) is 49.7 Å². The third-order valence-corrected chi connectivity index (χ3v) is 2.37. The van der Waals surface area contributed by atoms with E-state index in [0.717, 1.165) is 18.4 Å². The minimum atomic E-state index is -0.375. The fraction of sp³-hybridized carbons (Fsp3) is 0.300. The summed E-state index contributed by atoms with van der Waals surface area (Å²) in [5.41, 5.74) is 0.524. The SMILES string of the molecule is O=C=NC1(c2cccc(O)c2)CC1. The van der Waals surface area contributed by atoms with Crippen molar-refractivity contribution in [3.05, 3.63) is 29.8 Å². The zero-order valence-corrected chi connectivity index (χ0v) is 7.03. The summed E-state index contributed by atoms with van der Waals surface area (Å²) in [5.74, 6) is 0.213. The summed E-state index contributed by atoms with van der Waals surface area (Å²) in [7, 11) is 0. The van der Waals surface area contributed by atoms with Gasteiger partial charge in [0.1, 0.15) is 5.75 Å². The van der Waals surface area contributed by atoms with E-state index in [-0.39, 0.29) is 11.3 Å². The molecule has 3 heteroatoms. The third kappa shape index (κ3) is 1.34. The average Bonchev–Trinajstić information content (AvgIpc) is 2.86. The minimum absolute atomic E-state index is 0.213. The van der Waals surface area contributed by atoms with Crippen LogP contribution in [-0.4, -0.2) is 11.2 Å². The Morgan fingerprint density at radius 1 is 1.46 bits per heavy atom. The molecule has 3 nitrogen and oxygen atoms in total. The highest BCUT2D eigenvalue weighted by molar-refractivity contribution is 5.43. The highest BCUT2D eigenvalue weighted by Crippen LogP contribution is 2.49. The smallest absolute Gasteiger partial charge is 0.235 e. The van der Waals surface area contributed by atoms with E-state index in [1.165, 1.54) is 0 Å². The fourth-order valence-electron chi connectivity index (χ4n) is 1.47. The van der Waals surface area contributed by atoms with E-state index in [0.29, 0.717) is 0 Å². The lowest BCUT2D eigenvalue weighted by atomic mass is 10.1. The fourth-order valence-corrected chi connectivity index (χ4v) is 1.47. The summed E-state index contributed by atoms with van der Waals surface area (Å²) in [6.07, 6.45) is 3.32. The van der Waals surface area contributed by atoms with Crippen LogP contribution in [0.5, 0.6) is 5.75 Å². The molecule has 1 saturated carbocycles. The number of nitrogens with zero attached hydrogens (tertiary/aromatic N) is 1. The number of rotatable bonds is 2. The van der Waals surface area contributed by atoms with Crippen molar-refractivity contribution in [3.8, 4) is 5.75 Å². The van der Waals surface area contributed by atoms with Gasteiger partial charge in [0.2, 0.25) is 6.08 Å². The number of phenols is 1. The van der Waals surface area contributed by atoms with Gasteiger partial charge in [-0.25, -0.2) is 4.79 Å². The largest absolute Gasteiger partial charge is 0.508 e. The maximum absolute atomic E-state index is 10.2. The Kier molecular flexibility index (Phi) is 1.67. The van der Waals surface area contributed by atoms with E-state index in [9.17, 15) is 9.90 Å². The van der Waals surface area contributed by atoms with E-state index < -0.39 is 0 Å². The van der Waals surface area contributed by atoms with Crippen molar-refractivity contribution in [2.24, 2.45) is 4.99 Å². The van der Waals surface area contributed by atoms with Crippen LogP contribution in [0.4, 0.5) is 0 Å². The van der Waals surface area contributed by atoms with Gasteiger partial charge in [0, 0.05) is 0 Å². The second-order valence-corrected chi connectivity index (χ2v) is 3.29. The van der Waals surface area contributed by atoms with E-state index >= 15 is 0 Å². The molecule has 0 bridgehead atoms. The molecule has 0 radical (unpaired) electrons. The van der Waals surface area contributed by atoms with E-state index in [2.05, 4.69) is 4.99 Å². The number of aromatic hydroxyl groups is 1. The van der Waals surface area contributed by atoms with Crippen molar-refractivity contribution in [2.75, 3.05) is 0 Å². The van der Waals surface area contributed by atoms with Gasteiger partial charge in [0.25, 0.3) is 0 Å². The Balaban J connectivity index is 2.40. The number of benzene rings is 1. The monoisotopic (exact) mass is 175 g/mol. The van der Waals surface area contributed by atoms with E-state index in [1.807, 2.05) is 6.07 Å². The quantitative estimate of drug-likeness (QED) is 0.549. The summed E-state index contributed by atoms with van der Waals surface area (Å²) in [4.78, 5) is 13.9. The summed E-state index contributed by atoms with van der Waals surface area (Å²) in [6.45, 7) is 0. The zero-order valence-electron chi connectivity index (χ0n) is 7.03. The van der Waals surface area contributed by atoms with Gasteiger partial charge in [-0.3, -0.25) is 0 Å². The standard InChI is InChI=1S/C10H9NO2/c12-7-11-10(4-5-10)8-2-1-3-9(13)6-8/h1-3,6,13H,4-5H2. The molecule has 66 valence electrons. The summed E-state index contributed by atoms with van der Waals surface area (Å²) >= 11 is 0. The number of aliphatic imine (C=N–C) groups is 1. The van der Waals surface area contributed by atoms with Crippen molar-refractivity contribution in [2.45, 2.75) is 18.4 Å². The third-order valence-electron chi connectivity index (χ3n) is 2.37. The van der Waals surface area contributed by atoms with Crippen LogP contribution in [0, 0.1) is 0 Å². The Labute approximate surface area is 75.7 Å². The summed E-state index contributed by atoms with van der Waals surface area (Å²) < 4.78 is 0. The molecular weight excluding hydrogens is 166 g/mol. The maximum Gasteiger partial charge on any atom is 0.235 e. The van der Waals surface area contributed by atoms with Gasteiger partial charge in [0.15, 0.2) is 0 Å². The van der Waals surface area contributed by atoms with E-state index in [1.54, 1.807) is 24.3 Å². The first-order valence-electron chi connectivity index (χ1n) is 4.15. The van der Waals surface area contributed by atoms with Crippen LogP contribution in [0.15, 0.2) is 29.3 Å². The summed E-state index contributed by atoms with van der Waals surface area (Å²) in [5, 5.41) is 9.23. The molecule has 0 atom stereocenters. The van der Waals surface area contributed by atoms with Gasteiger partial charge in [-0.2, -0.15) is 4.99 Å². The molecule has 1 fully saturated rings. The number of phenolic OH excluding ortho intramolecular Hbond substituents is 1. The lowest BCUT2D eigenvalue weighted by molar-refractivity contribution is 0.473. The van der Waals surface area contributed by atoms with Gasteiger partial charge in [-0.05, 0) is 30.5 Å². The molecule has 0 heterocycles. The molecule has 1 aromatic carbocycles. The van der Waals surface area contributed by atoms with Crippen molar-refractivity contribution in [1.82, 2.24) is 0 Å². The zero-order chi connectivity index (χ0) is 9.31. The molecule has 13 heavy (non-hydrogen) atoms. The Morgan fingerprint density at radius 3 is 2.77 bits per heavy atom. The second-order valence-electron chi connectivity index (χ2n) is 3.29. The highest BCUT2D eigenvalue weighted by Gasteiger charge is 2.44. The molecule has 1 N–H and O–H groups in total. The van der Waals surface area contributed by atoms with Crippen LogP contribution in [0.3, 0.4) is 0 Å². The molecule has 0 aliphatic heterocycles. The van der Waals surface area contributed by atoms with Crippen LogP contribution >= 0.6 is 0 Å². The van der Waals surface area contributed by atoms with Gasteiger partial charge in [-0.15, -0.1) is 0 Å². The van der Waals surface area contributed by atoms with Crippen molar-refractivity contribution in [1.29, 1.82) is 0 Å². The Morgan fingerprint density at radius 2 is 2.23 bits per heavy atom. The Bertz CT molecular complexity index is 376. The average molecular weight is 175 g/mol. The normalized spacial score (nSPS) is 17.5. The predicted molar refractivity (Wildman–Crippen MR) is 47.1 cm³/mol. The first kappa shape index (κ1) is 8.02. The van der Waals surface area contributed by atoms with Crippen LogP contribution < -0.4 is 0 Å². The molecule has 0 saturated heterocycles. The lowest BCUT2D eigenvalue weighted by Crippen LogP contribution is -2.01. The van der Waals surface area contributed by atoms with Crippen LogP contribution in [-0.2, 0) is 10.3 Å². The van der Waals surface area contributed by atoms with Crippen molar-refractivity contribution in [3.63, 3.8) is 0 Å². The van der Waals surface area contributed by atoms with Crippen LogP contribution in [0.25, 0.3) is 0 Å². The van der Waals surface area contributed by atoms with Gasteiger partial charge >= 0.3 is 0 Å². The van der Waals surface area contributed by atoms with Gasteiger partial charge < -0.3 is 5.11 Å². The first-order valence-corrected chi connectivity index (χ1v) is 4.15. The number of isocyanates is 1. The molecule has 0 aromatic heterocycles. The summed E-state index contributed by atoms with van der Waals surface area (Å²) in [6, 6.07) is 6.87. The first-order chi connectivity index (χ1) is 6.27. The van der Waals surface area contributed by atoms with Gasteiger partial charge in [-0.1, -0.05) is 12.1 Å². The lowest BCUT2D eigenvalue weighted by Gasteiger charge is -2.07. The highest BCUT2D eigenvalue weighted by atomic mass is 16.3. The van der Waals surface area contributed by atoms with Crippen LogP contribution in [0.2, 0.25) is 0 Å². The molecule has 1 aliphatic rings. The molecular formula is C10H9NO2. The number of carbonyl (C=O) groups excluding carboxylic acids is 1. The molecule has 1 aliphatic carbocycles. The van der Waals surface area contributed by atoms with Crippen LogP contribution in [0.1, 0.15) is 18.4 Å². The second kappa shape index (κ2) is 2.71. The minimum Gasteiger partial charge on any atom is -0.508 e. The molecule has 0 unspecified atom stereocenters. The van der Waals surface area contributed by atoms with E-state index in [4.69, 9.17) is 0 Å². The predicted octanol–water partition coefficient (Wildman–Crippen LogP) is 1.72. The van der Waals surface area contributed by atoms with Crippen molar-refractivity contribution < 1.29 is 9.90 Å². The van der Waals surface area contributed by atoms with Gasteiger partial charge in [0.05, 0.1) is 5.54 Å². The molecule has 0 spiro atoms. The molecule has 0 amide bonds. The molecule has 2 rings (SSSR count). The number of hydrogen-bond donors (Lipinski definition) is 1. The Hall–Kier alpha value is -1.60. The number of hydrogen-bond acceptors (Lipinski definition) is 3. The molecule has 1 aromatic rings.